The molecule has 2 aromatic carbocycles. The minimum atomic E-state index is -4.05. The van der Waals surface area contributed by atoms with Gasteiger partial charge in [0.2, 0.25) is 17.6 Å². The second kappa shape index (κ2) is 9.32. The number of amides is 1. The third-order valence-electron chi connectivity index (χ3n) is 7.29. The van der Waals surface area contributed by atoms with Gasteiger partial charge in [0.05, 0.1) is 39.9 Å². The van der Waals surface area contributed by atoms with Crippen LogP contribution in [0.1, 0.15) is 24.3 Å². The van der Waals surface area contributed by atoms with Gasteiger partial charge in [0, 0.05) is 11.6 Å². The van der Waals surface area contributed by atoms with Crippen LogP contribution in [0.15, 0.2) is 45.8 Å². The van der Waals surface area contributed by atoms with Gasteiger partial charge in [-0.05, 0) is 55.1 Å². The number of nitrogens with two attached hydrogens (primary N) is 1. The van der Waals surface area contributed by atoms with E-state index in [1.165, 1.54) is 11.0 Å². The maximum atomic E-state index is 15.3. The summed E-state index contributed by atoms with van der Waals surface area (Å²) in [5.41, 5.74) is 6.36. The molecule has 3 fully saturated rings. The highest BCUT2D eigenvalue weighted by Gasteiger charge is 2.52. The Morgan fingerprint density at radius 3 is 2.65 bits per heavy atom. The van der Waals surface area contributed by atoms with E-state index >= 15 is 4.39 Å². The summed E-state index contributed by atoms with van der Waals surface area (Å²) >= 11 is 5.98. The molecule has 1 aromatic heterocycles. The summed E-state index contributed by atoms with van der Waals surface area (Å²) in [7, 11) is -4.05. The smallest absolute Gasteiger partial charge is 0.245 e. The molecular weight excluding hydrogens is 544 g/mol. The number of hydrogen-bond donors (Lipinski definition) is 2. The monoisotopic (exact) mass is 567 g/mol. The molecule has 1 saturated carbocycles. The van der Waals surface area contributed by atoms with E-state index in [0.717, 1.165) is 25.5 Å². The lowest BCUT2D eigenvalue weighted by atomic mass is 9.59. The van der Waals surface area contributed by atoms with Crippen molar-refractivity contribution < 1.29 is 22.1 Å². The number of halogens is 3. The zero-order valence-electron chi connectivity index (χ0n) is 19.5. The predicted molar refractivity (Wildman–Crippen MR) is 137 cm³/mol. The number of nitrogens with one attached hydrogen (secondary N) is 1. The maximum absolute atomic E-state index is 15.3. The molecule has 2 bridgehead atoms. The molecule has 7 rings (SSSR count). The SMILES string of the molecule is Cl.N[C@H]1CS(=O)(=O)c2cc(F)c(-c3noc(C45CNCC(C4)C5)n3)cc2N(Cc2ccc(Cl)cc2)C1=O. The van der Waals surface area contributed by atoms with E-state index < -0.39 is 33.4 Å². The molecule has 2 saturated heterocycles. The van der Waals surface area contributed by atoms with E-state index in [0.29, 0.717) is 28.9 Å². The van der Waals surface area contributed by atoms with Gasteiger partial charge in [-0.15, -0.1) is 12.4 Å². The minimum Gasteiger partial charge on any atom is -0.338 e. The van der Waals surface area contributed by atoms with Crippen LogP contribution in [-0.4, -0.2) is 49.3 Å². The van der Waals surface area contributed by atoms with Gasteiger partial charge in [0.25, 0.3) is 0 Å². The summed E-state index contributed by atoms with van der Waals surface area (Å²) in [5.74, 6) is -1.06. The number of benzene rings is 2. The molecule has 4 heterocycles. The Kier molecular flexibility index (Phi) is 6.56. The summed E-state index contributed by atoms with van der Waals surface area (Å²) in [4.78, 5) is 18.7. The van der Waals surface area contributed by atoms with Crippen LogP contribution in [0, 0.1) is 11.7 Å². The number of nitrogens with zero attached hydrogens (tertiary/aromatic N) is 3. The van der Waals surface area contributed by atoms with Crippen LogP contribution in [0.4, 0.5) is 10.1 Å². The average molecular weight is 568 g/mol. The molecular formula is C24H24Cl2FN5O4S. The van der Waals surface area contributed by atoms with Crippen molar-refractivity contribution in [2.24, 2.45) is 11.7 Å². The maximum Gasteiger partial charge on any atom is 0.245 e. The molecule has 0 spiro atoms. The number of carbonyl (C=O) groups is 1. The lowest BCUT2D eigenvalue weighted by Crippen LogP contribution is -2.57. The molecule has 9 nitrogen and oxygen atoms in total. The fourth-order valence-corrected chi connectivity index (χ4v) is 7.17. The summed E-state index contributed by atoms with van der Waals surface area (Å²) in [5, 5.41) is 7.87. The van der Waals surface area contributed by atoms with Gasteiger partial charge in [-0.1, -0.05) is 28.9 Å². The van der Waals surface area contributed by atoms with Crippen molar-refractivity contribution in [2.45, 2.75) is 35.7 Å². The van der Waals surface area contributed by atoms with E-state index in [4.69, 9.17) is 21.9 Å². The van der Waals surface area contributed by atoms with E-state index in [-0.39, 0.29) is 46.3 Å². The molecule has 3 aromatic rings. The molecule has 13 heteroatoms. The van der Waals surface area contributed by atoms with Crippen molar-refractivity contribution in [1.82, 2.24) is 15.5 Å². The second-order valence-corrected chi connectivity index (χ2v) is 12.3. The molecule has 1 aliphatic carbocycles. The average Bonchev–Trinajstić information content (AvgIpc) is 3.31. The highest BCUT2D eigenvalue weighted by molar-refractivity contribution is 7.91. The third kappa shape index (κ3) is 4.42. The number of hydrogen-bond acceptors (Lipinski definition) is 8. The Hall–Kier alpha value is -2.57. The molecule has 0 radical (unpaired) electrons. The zero-order valence-corrected chi connectivity index (χ0v) is 21.9. The topological polar surface area (TPSA) is 131 Å². The van der Waals surface area contributed by atoms with Gasteiger partial charge < -0.3 is 20.5 Å². The Balaban J connectivity index is 0.00000280. The van der Waals surface area contributed by atoms with Crippen molar-refractivity contribution in [3.05, 3.63) is 58.7 Å². The van der Waals surface area contributed by atoms with Gasteiger partial charge in [-0.25, -0.2) is 12.8 Å². The lowest BCUT2D eigenvalue weighted by molar-refractivity contribution is -0.119. The quantitative estimate of drug-likeness (QED) is 0.492. The molecule has 1 atom stereocenters. The summed E-state index contributed by atoms with van der Waals surface area (Å²) in [6.07, 6.45) is 1.85. The fourth-order valence-electron chi connectivity index (χ4n) is 5.47. The molecule has 3 N–H and O–H groups in total. The lowest BCUT2D eigenvalue weighted by Gasteiger charge is -2.50. The second-order valence-electron chi connectivity index (χ2n) is 9.85. The van der Waals surface area contributed by atoms with E-state index in [9.17, 15) is 13.2 Å². The van der Waals surface area contributed by atoms with Gasteiger partial charge in [0.15, 0.2) is 9.84 Å². The summed E-state index contributed by atoms with van der Waals surface area (Å²) < 4.78 is 47.0. The Bertz CT molecular complexity index is 1470. The molecule has 196 valence electrons. The van der Waals surface area contributed by atoms with Gasteiger partial charge in [-0.2, -0.15) is 4.98 Å². The Labute approximate surface area is 223 Å². The van der Waals surface area contributed by atoms with Gasteiger partial charge in [0.1, 0.15) is 5.82 Å². The van der Waals surface area contributed by atoms with Crippen LogP contribution in [0.3, 0.4) is 0 Å². The van der Waals surface area contributed by atoms with Crippen molar-refractivity contribution in [3.8, 4) is 11.4 Å². The van der Waals surface area contributed by atoms with Gasteiger partial charge >= 0.3 is 0 Å². The molecule has 1 amide bonds. The van der Waals surface area contributed by atoms with Crippen LogP contribution in [0.5, 0.6) is 0 Å². The van der Waals surface area contributed by atoms with Crippen LogP contribution in [0.2, 0.25) is 5.02 Å². The standard InChI is InChI=1S/C24H23ClFN5O4S.ClH/c25-15-3-1-13(2-4-15)10-31-19-5-16(17(26)6-20(19)36(33,34)11-18(27)22(31)32)21-29-23(35-30-21)24-7-14(8-24)9-28-12-24;/h1-6,14,18,28H,7-12,27H2;1H/t14?,18-,24?;/m0./s1. The highest BCUT2D eigenvalue weighted by atomic mass is 35.5. The molecule has 4 aliphatic rings. The summed E-state index contributed by atoms with van der Waals surface area (Å²) in [6, 6.07) is 7.68. The first kappa shape index (κ1) is 26.1. The van der Waals surface area contributed by atoms with Crippen molar-refractivity contribution >= 4 is 45.4 Å². The number of fused-ring (bicyclic) bond motifs is 3. The van der Waals surface area contributed by atoms with E-state index in [2.05, 4.69) is 15.5 Å². The first-order valence-electron chi connectivity index (χ1n) is 11.6. The summed E-state index contributed by atoms with van der Waals surface area (Å²) in [6.45, 7) is 1.68. The fraction of sp³-hybridized carbons (Fsp3) is 0.375. The third-order valence-corrected chi connectivity index (χ3v) is 9.33. The van der Waals surface area contributed by atoms with Gasteiger partial charge in [-0.3, -0.25) is 4.79 Å². The molecule has 0 unspecified atom stereocenters. The number of aromatic nitrogens is 2. The van der Waals surface area contributed by atoms with Crippen LogP contribution < -0.4 is 16.0 Å². The van der Waals surface area contributed by atoms with Crippen molar-refractivity contribution in [2.75, 3.05) is 23.7 Å². The number of piperidine rings is 2. The zero-order chi connectivity index (χ0) is 25.2. The first-order chi connectivity index (χ1) is 17.1. The van der Waals surface area contributed by atoms with Crippen molar-refractivity contribution in [3.63, 3.8) is 0 Å². The Morgan fingerprint density at radius 2 is 1.97 bits per heavy atom. The molecule has 3 aliphatic heterocycles. The normalized spacial score (nSPS) is 26.0. The minimum absolute atomic E-state index is 0. The van der Waals surface area contributed by atoms with E-state index in [1.807, 2.05) is 0 Å². The first-order valence-corrected chi connectivity index (χ1v) is 13.6. The van der Waals surface area contributed by atoms with Crippen LogP contribution >= 0.6 is 24.0 Å². The number of rotatable bonds is 4. The Morgan fingerprint density at radius 1 is 1.24 bits per heavy atom. The van der Waals surface area contributed by atoms with Crippen LogP contribution in [-0.2, 0) is 26.6 Å². The number of sulfone groups is 1. The number of carbonyl (C=O) groups excluding carboxylic acids is 1. The largest absolute Gasteiger partial charge is 0.338 e. The van der Waals surface area contributed by atoms with Crippen LogP contribution in [0.25, 0.3) is 11.4 Å². The highest BCUT2D eigenvalue weighted by Crippen LogP contribution is 2.49. The van der Waals surface area contributed by atoms with E-state index in [1.54, 1.807) is 24.3 Å². The van der Waals surface area contributed by atoms with Crippen molar-refractivity contribution in [1.29, 1.82) is 0 Å². The number of anilines is 1. The predicted octanol–water partition coefficient (Wildman–Crippen LogP) is 2.85. The molecule has 37 heavy (non-hydrogen) atoms.